The Balaban J connectivity index is 1.89. The Hall–Kier alpha value is -2.69. The van der Waals surface area contributed by atoms with Crippen LogP contribution >= 0.6 is 0 Å². The maximum Gasteiger partial charge on any atom is 0.287 e. The van der Waals surface area contributed by atoms with Crippen LogP contribution in [-0.2, 0) is 0 Å². The van der Waals surface area contributed by atoms with Gasteiger partial charge < -0.3 is 18.9 Å². The molecule has 0 bridgehead atoms. The highest BCUT2D eigenvalue weighted by Gasteiger charge is 2.20. The number of benzene rings is 1. The van der Waals surface area contributed by atoms with Gasteiger partial charge in [0, 0.05) is 10.9 Å². The maximum atomic E-state index is 12.4. The molecule has 0 aliphatic carbocycles. The molecule has 0 unspecified atom stereocenters. The van der Waals surface area contributed by atoms with Gasteiger partial charge in [-0.2, -0.15) is 0 Å². The molecule has 0 saturated heterocycles. The lowest BCUT2D eigenvalue weighted by Crippen LogP contribution is -2.26. The second-order valence-corrected chi connectivity index (χ2v) is 5.13. The van der Waals surface area contributed by atoms with E-state index < -0.39 is 0 Å². The fraction of sp³-hybridized carbons (Fsp3) is 0.235. The van der Waals surface area contributed by atoms with Crippen molar-refractivity contribution in [2.75, 3.05) is 7.11 Å². The van der Waals surface area contributed by atoms with Crippen molar-refractivity contribution in [1.29, 1.82) is 0 Å². The first-order chi connectivity index (χ1) is 10.6. The van der Waals surface area contributed by atoms with Crippen molar-refractivity contribution in [2.24, 2.45) is 0 Å². The number of ether oxygens (including phenoxy) is 1. The third-order valence-corrected chi connectivity index (χ3v) is 3.67. The Morgan fingerprint density at radius 2 is 2.14 bits per heavy atom. The number of fused-ring (bicyclic) bond motifs is 1. The summed E-state index contributed by atoms with van der Waals surface area (Å²) in [4.78, 5) is 12.4. The molecule has 3 rings (SSSR count). The summed E-state index contributed by atoms with van der Waals surface area (Å²) in [5.74, 6) is 1.47. The van der Waals surface area contributed by atoms with Gasteiger partial charge in [0.1, 0.15) is 17.1 Å². The fourth-order valence-electron chi connectivity index (χ4n) is 2.41. The molecule has 114 valence electrons. The molecule has 1 amide bonds. The van der Waals surface area contributed by atoms with Crippen LogP contribution < -0.4 is 10.1 Å². The molecule has 2 aromatic heterocycles. The average Bonchev–Trinajstić information content (AvgIpc) is 3.15. The molecule has 0 aliphatic heterocycles. The molecule has 5 nitrogen and oxygen atoms in total. The maximum absolute atomic E-state index is 12.4. The monoisotopic (exact) mass is 299 g/mol. The lowest BCUT2D eigenvalue weighted by Gasteiger charge is -2.10. The van der Waals surface area contributed by atoms with Crippen molar-refractivity contribution in [3.63, 3.8) is 0 Å². The van der Waals surface area contributed by atoms with Crippen LogP contribution in [0.3, 0.4) is 0 Å². The molecule has 22 heavy (non-hydrogen) atoms. The zero-order valence-corrected chi connectivity index (χ0v) is 12.7. The molecule has 0 aliphatic rings. The molecule has 0 spiro atoms. The number of methoxy groups -OCH3 is 1. The van der Waals surface area contributed by atoms with Gasteiger partial charge in [0.15, 0.2) is 5.76 Å². The van der Waals surface area contributed by atoms with Gasteiger partial charge in [-0.1, -0.05) is 0 Å². The smallest absolute Gasteiger partial charge is 0.287 e. The van der Waals surface area contributed by atoms with Gasteiger partial charge in [0.2, 0.25) is 0 Å². The topological polar surface area (TPSA) is 64.6 Å². The molecule has 0 fully saturated rings. The summed E-state index contributed by atoms with van der Waals surface area (Å²) in [6.07, 6.45) is 1.58. The Morgan fingerprint density at radius 1 is 1.32 bits per heavy atom. The van der Waals surface area contributed by atoms with E-state index in [0.717, 1.165) is 16.7 Å². The molecular weight excluding hydrogens is 282 g/mol. The van der Waals surface area contributed by atoms with Crippen molar-refractivity contribution in [1.82, 2.24) is 5.32 Å². The highest BCUT2D eigenvalue weighted by Crippen LogP contribution is 2.29. The molecule has 0 saturated carbocycles. The molecular formula is C17H17NO4. The molecule has 3 aromatic rings. The lowest BCUT2D eigenvalue weighted by atomic mass is 10.1. The Labute approximate surface area is 127 Å². The predicted octanol–water partition coefficient (Wildman–Crippen LogP) is 3.83. The predicted molar refractivity (Wildman–Crippen MR) is 82.1 cm³/mol. The van der Waals surface area contributed by atoms with Gasteiger partial charge in [0.25, 0.3) is 5.91 Å². The quantitative estimate of drug-likeness (QED) is 0.795. The van der Waals surface area contributed by atoms with E-state index in [0.29, 0.717) is 17.1 Å². The number of hydrogen-bond donors (Lipinski definition) is 1. The molecule has 5 heteroatoms. The van der Waals surface area contributed by atoms with E-state index in [1.165, 1.54) is 0 Å². The summed E-state index contributed by atoms with van der Waals surface area (Å²) in [6, 6.07) is 8.84. The standard InChI is InChI=1S/C17H17NO4/c1-10-13-9-12(20-3)6-7-15(13)22-16(10)17(19)18-11(2)14-5-4-8-21-14/h4-9,11H,1-3H3,(H,18,19)/t11-/m0/s1. The Kier molecular flexibility index (Phi) is 3.63. The first-order valence-corrected chi connectivity index (χ1v) is 7.01. The van der Waals surface area contributed by atoms with E-state index in [9.17, 15) is 4.79 Å². The first kappa shape index (κ1) is 14.3. The number of nitrogens with one attached hydrogen (secondary N) is 1. The van der Waals surface area contributed by atoms with Crippen LogP contribution in [0.1, 0.15) is 34.8 Å². The summed E-state index contributed by atoms with van der Waals surface area (Å²) >= 11 is 0. The summed E-state index contributed by atoms with van der Waals surface area (Å²) in [5.41, 5.74) is 1.45. The van der Waals surface area contributed by atoms with Crippen LogP contribution in [0.5, 0.6) is 5.75 Å². The van der Waals surface area contributed by atoms with Gasteiger partial charge in [-0.05, 0) is 44.2 Å². The van der Waals surface area contributed by atoms with E-state index in [4.69, 9.17) is 13.6 Å². The van der Waals surface area contributed by atoms with E-state index in [1.807, 2.05) is 26.0 Å². The van der Waals surface area contributed by atoms with Crippen LogP contribution in [-0.4, -0.2) is 13.0 Å². The first-order valence-electron chi connectivity index (χ1n) is 7.01. The van der Waals surface area contributed by atoms with Gasteiger partial charge in [-0.3, -0.25) is 4.79 Å². The van der Waals surface area contributed by atoms with Crippen LogP contribution in [0.25, 0.3) is 11.0 Å². The van der Waals surface area contributed by atoms with Crippen LogP contribution in [0.2, 0.25) is 0 Å². The van der Waals surface area contributed by atoms with E-state index in [-0.39, 0.29) is 11.9 Å². The molecule has 0 radical (unpaired) electrons. The summed E-state index contributed by atoms with van der Waals surface area (Å²) in [7, 11) is 1.61. The van der Waals surface area contributed by atoms with Crippen molar-refractivity contribution >= 4 is 16.9 Å². The minimum absolute atomic E-state index is 0.232. The van der Waals surface area contributed by atoms with Crippen LogP contribution in [0, 0.1) is 6.92 Å². The molecule has 2 heterocycles. The minimum Gasteiger partial charge on any atom is -0.497 e. The normalized spacial score (nSPS) is 12.3. The molecule has 1 atom stereocenters. The molecule has 1 aromatic carbocycles. The molecule has 1 N–H and O–H groups in total. The number of carbonyl (C=O) groups is 1. The third kappa shape index (κ3) is 2.45. The number of furan rings is 2. The van der Waals surface area contributed by atoms with Gasteiger partial charge in [0.05, 0.1) is 19.4 Å². The van der Waals surface area contributed by atoms with E-state index in [1.54, 1.807) is 31.6 Å². The van der Waals surface area contributed by atoms with Crippen molar-refractivity contribution in [3.05, 3.63) is 53.7 Å². The van der Waals surface area contributed by atoms with Crippen molar-refractivity contribution < 1.29 is 18.4 Å². The summed E-state index contributed by atoms with van der Waals surface area (Å²) in [6.45, 7) is 3.72. The number of rotatable bonds is 4. The van der Waals surface area contributed by atoms with E-state index in [2.05, 4.69) is 5.32 Å². The number of carbonyl (C=O) groups excluding carboxylic acids is 1. The van der Waals surface area contributed by atoms with Crippen LogP contribution in [0.4, 0.5) is 0 Å². The Morgan fingerprint density at radius 3 is 2.82 bits per heavy atom. The number of aryl methyl sites for hydroxylation is 1. The van der Waals surface area contributed by atoms with Crippen molar-refractivity contribution in [3.8, 4) is 5.75 Å². The Bertz CT molecular complexity index is 802. The lowest BCUT2D eigenvalue weighted by molar-refractivity contribution is 0.0908. The van der Waals surface area contributed by atoms with Crippen LogP contribution in [0.15, 0.2) is 45.4 Å². The second kappa shape index (κ2) is 5.60. The average molecular weight is 299 g/mol. The summed E-state index contributed by atoms with van der Waals surface area (Å²) in [5, 5.41) is 3.74. The largest absolute Gasteiger partial charge is 0.497 e. The van der Waals surface area contributed by atoms with Crippen molar-refractivity contribution in [2.45, 2.75) is 19.9 Å². The zero-order valence-electron chi connectivity index (χ0n) is 12.7. The SMILES string of the molecule is COc1ccc2oc(C(=O)N[C@@H](C)c3ccco3)c(C)c2c1. The van der Waals surface area contributed by atoms with E-state index >= 15 is 0 Å². The van der Waals surface area contributed by atoms with Gasteiger partial charge in [-0.15, -0.1) is 0 Å². The fourth-order valence-corrected chi connectivity index (χ4v) is 2.41. The summed E-state index contributed by atoms with van der Waals surface area (Å²) < 4.78 is 16.2. The van der Waals surface area contributed by atoms with Gasteiger partial charge in [-0.25, -0.2) is 0 Å². The highest BCUT2D eigenvalue weighted by atomic mass is 16.5. The third-order valence-electron chi connectivity index (χ3n) is 3.67. The number of hydrogen-bond acceptors (Lipinski definition) is 4. The highest BCUT2D eigenvalue weighted by molar-refractivity contribution is 5.99. The second-order valence-electron chi connectivity index (χ2n) is 5.13. The minimum atomic E-state index is -0.267. The van der Waals surface area contributed by atoms with Gasteiger partial charge >= 0.3 is 0 Å². The number of amides is 1. The zero-order chi connectivity index (χ0) is 15.7.